The monoisotopic (exact) mass is 583 g/mol. The fraction of sp³-hybridized carbons (Fsp3) is 0.323. The van der Waals surface area contributed by atoms with Crippen molar-refractivity contribution in [3.8, 4) is 23.2 Å². The molecule has 1 saturated heterocycles. The highest BCUT2D eigenvalue weighted by molar-refractivity contribution is 5.81. The van der Waals surface area contributed by atoms with Crippen LogP contribution >= 0.6 is 0 Å². The number of rotatable bonds is 10. The normalized spacial score (nSPS) is 16.0. The number of nitrogens with one attached hydrogen (secondary N) is 1. The Bertz CT molecular complexity index is 1530. The van der Waals surface area contributed by atoms with E-state index in [1.807, 2.05) is 54.6 Å². The molecular formula is C31H33N7O5. The number of para-hydroxylation sites is 1. The molecule has 2 amide bonds. The number of hydrogen-bond donors (Lipinski definition) is 1. The van der Waals surface area contributed by atoms with Gasteiger partial charge in [-0.1, -0.05) is 24.3 Å². The van der Waals surface area contributed by atoms with Crippen LogP contribution in [-0.2, 0) is 16.0 Å². The van der Waals surface area contributed by atoms with E-state index in [0.717, 1.165) is 22.9 Å². The number of carbonyl (C=O) groups excluding carboxylic acids is 2. The second kappa shape index (κ2) is 13.2. The first kappa shape index (κ1) is 28.0. The van der Waals surface area contributed by atoms with Crippen molar-refractivity contribution in [3.63, 3.8) is 0 Å². The Balaban J connectivity index is 1.11. The summed E-state index contributed by atoms with van der Waals surface area (Å²) in [5.41, 5.74) is 1.04. The van der Waals surface area contributed by atoms with Crippen molar-refractivity contribution in [2.45, 2.75) is 18.9 Å². The van der Waals surface area contributed by atoms with Crippen molar-refractivity contribution >= 4 is 17.6 Å². The van der Waals surface area contributed by atoms with Crippen LogP contribution in [0.3, 0.4) is 0 Å². The van der Waals surface area contributed by atoms with E-state index in [2.05, 4.69) is 20.2 Å². The van der Waals surface area contributed by atoms with Crippen molar-refractivity contribution in [3.05, 3.63) is 85.1 Å². The molecule has 2 aromatic carbocycles. The number of anilines is 1. The smallest absolute Gasteiger partial charge is 0.260 e. The van der Waals surface area contributed by atoms with Crippen LogP contribution in [-0.4, -0.2) is 88.3 Å². The highest BCUT2D eigenvalue weighted by atomic mass is 16.6. The summed E-state index contributed by atoms with van der Waals surface area (Å²) in [6, 6.07) is 16.5. The predicted octanol–water partition coefficient (Wildman–Crippen LogP) is 2.28. The maximum Gasteiger partial charge on any atom is 0.260 e. The van der Waals surface area contributed by atoms with Gasteiger partial charge in [0.1, 0.15) is 31.1 Å². The minimum Gasteiger partial charge on any atom is -0.486 e. The first-order valence-corrected chi connectivity index (χ1v) is 14.3. The van der Waals surface area contributed by atoms with E-state index in [9.17, 15) is 9.59 Å². The molecule has 2 aromatic heterocycles. The molecule has 222 valence electrons. The number of imidazole rings is 1. The number of nitrogens with zero attached hydrogens (tertiary/aromatic N) is 6. The van der Waals surface area contributed by atoms with Crippen LogP contribution < -0.4 is 24.4 Å². The van der Waals surface area contributed by atoms with Crippen LogP contribution in [0, 0.1) is 0 Å². The van der Waals surface area contributed by atoms with Crippen molar-refractivity contribution in [2.24, 2.45) is 0 Å². The number of piperazine rings is 1. The molecule has 12 heteroatoms. The van der Waals surface area contributed by atoms with E-state index in [1.54, 1.807) is 34.4 Å². The maximum atomic E-state index is 13.3. The zero-order chi connectivity index (χ0) is 29.4. The van der Waals surface area contributed by atoms with Gasteiger partial charge in [0, 0.05) is 51.2 Å². The minimum atomic E-state index is -0.374. The molecule has 1 unspecified atom stereocenters. The van der Waals surface area contributed by atoms with Gasteiger partial charge in [0.2, 0.25) is 11.9 Å². The van der Waals surface area contributed by atoms with E-state index in [0.29, 0.717) is 57.5 Å². The summed E-state index contributed by atoms with van der Waals surface area (Å²) in [7, 11) is 0. The van der Waals surface area contributed by atoms with Crippen molar-refractivity contribution in [2.75, 3.05) is 50.9 Å². The Morgan fingerprint density at radius 2 is 1.86 bits per heavy atom. The first-order valence-electron chi connectivity index (χ1n) is 14.3. The van der Waals surface area contributed by atoms with Gasteiger partial charge in [0.05, 0.1) is 6.04 Å². The first-order chi connectivity index (χ1) is 21.1. The number of carbonyl (C=O) groups is 2. The lowest BCUT2D eigenvalue weighted by atomic mass is 10.1. The quantitative estimate of drug-likeness (QED) is 0.299. The molecule has 2 aliphatic rings. The number of amides is 2. The Hall–Kier alpha value is -5.13. The van der Waals surface area contributed by atoms with Gasteiger partial charge in [-0.05, 0) is 42.3 Å². The molecule has 0 bridgehead atoms. The van der Waals surface area contributed by atoms with E-state index in [-0.39, 0.29) is 30.9 Å². The highest BCUT2D eigenvalue weighted by Gasteiger charge is 2.33. The number of benzene rings is 2. The maximum absolute atomic E-state index is 13.3. The molecule has 43 heavy (non-hydrogen) atoms. The highest BCUT2D eigenvalue weighted by Crippen LogP contribution is 2.30. The molecule has 0 saturated carbocycles. The SMILES string of the molecule is O=C(CC1CN(c2ccnc(-n3ccnc3)n2)CCN1C(=O)COc1ccccc1)NCCc1ccc2c(c1)OCCO2. The zero-order valence-corrected chi connectivity index (χ0v) is 23.7. The summed E-state index contributed by atoms with van der Waals surface area (Å²) >= 11 is 0. The molecule has 6 rings (SSSR count). The van der Waals surface area contributed by atoms with Gasteiger partial charge in [-0.2, -0.15) is 4.98 Å². The average Bonchev–Trinajstić information content (AvgIpc) is 3.60. The fourth-order valence-electron chi connectivity index (χ4n) is 5.20. The Morgan fingerprint density at radius 3 is 2.70 bits per heavy atom. The van der Waals surface area contributed by atoms with Crippen LogP contribution in [0.25, 0.3) is 5.95 Å². The lowest BCUT2D eigenvalue weighted by molar-refractivity contribution is -0.137. The lowest BCUT2D eigenvalue weighted by Crippen LogP contribution is -2.57. The van der Waals surface area contributed by atoms with Gasteiger partial charge in [-0.15, -0.1) is 0 Å². The molecule has 2 aliphatic heterocycles. The number of ether oxygens (including phenoxy) is 3. The molecule has 1 atom stereocenters. The molecule has 4 aromatic rings. The van der Waals surface area contributed by atoms with Crippen LogP contribution in [0.2, 0.25) is 0 Å². The summed E-state index contributed by atoms with van der Waals surface area (Å²) in [5.74, 6) is 3.00. The molecule has 12 nitrogen and oxygen atoms in total. The van der Waals surface area contributed by atoms with Crippen molar-refractivity contribution in [1.29, 1.82) is 0 Å². The van der Waals surface area contributed by atoms with E-state index < -0.39 is 0 Å². The van der Waals surface area contributed by atoms with Gasteiger partial charge in [0.25, 0.3) is 5.91 Å². The Morgan fingerprint density at radius 1 is 1.00 bits per heavy atom. The summed E-state index contributed by atoms with van der Waals surface area (Å²) in [6.07, 6.45) is 7.57. The van der Waals surface area contributed by atoms with Gasteiger partial charge >= 0.3 is 0 Å². The molecule has 0 aliphatic carbocycles. The number of fused-ring (bicyclic) bond motifs is 1. The Kier molecular flexibility index (Phi) is 8.62. The largest absolute Gasteiger partial charge is 0.486 e. The van der Waals surface area contributed by atoms with Crippen LogP contribution in [0.5, 0.6) is 17.2 Å². The molecular weight excluding hydrogens is 550 g/mol. The second-order valence-electron chi connectivity index (χ2n) is 10.3. The van der Waals surface area contributed by atoms with Gasteiger partial charge in [-0.3, -0.25) is 14.2 Å². The van der Waals surface area contributed by atoms with Gasteiger partial charge in [0.15, 0.2) is 18.1 Å². The summed E-state index contributed by atoms with van der Waals surface area (Å²) in [6.45, 7) is 2.84. The molecule has 0 spiro atoms. The topological polar surface area (TPSA) is 124 Å². The standard InChI is InChI=1S/C31H33N7O5/c39-29(33-10-8-23-6-7-26-27(18-23)42-17-16-41-26)19-24-20-36(28-9-11-34-31(35-28)37-13-12-32-22-37)14-15-38(24)30(40)21-43-25-4-2-1-3-5-25/h1-7,9,11-13,18,22,24H,8,10,14-17,19-21H2,(H,33,39). The van der Waals surface area contributed by atoms with Crippen molar-refractivity contribution < 1.29 is 23.8 Å². The number of aromatic nitrogens is 4. The van der Waals surface area contributed by atoms with Gasteiger partial charge < -0.3 is 29.3 Å². The average molecular weight is 584 g/mol. The van der Waals surface area contributed by atoms with Crippen LogP contribution in [0.15, 0.2) is 79.5 Å². The third kappa shape index (κ3) is 7.03. The third-order valence-electron chi connectivity index (χ3n) is 7.36. The van der Waals surface area contributed by atoms with E-state index in [1.165, 1.54) is 0 Å². The lowest BCUT2D eigenvalue weighted by Gasteiger charge is -2.41. The fourth-order valence-corrected chi connectivity index (χ4v) is 5.20. The summed E-state index contributed by atoms with van der Waals surface area (Å²) < 4.78 is 18.7. The minimum absolute atomic E-state index is 0.107. The number of hydrogen-bond acceptors (Lipinski definition) is 9. The van der Waals surface area contributed by atoms with Crippen molar-refractivity contribution in [1.82, 2.24) is 29.7 Å². The van der Waals surface area contributed by atoms with E-state index >= 15 is 0 Å². The van der Waals surface area contributed by atoms with Crippen LogP contribution in [0.1, 0.15) is 12.0 Å². The van der Waals surface area contributed by atoms with Gasteiger partial charge in [-0.25, -0.2) is 9.97 Å². The van der Waals surface area contributed by atoms with E-state index in [4.69, 9.17) is 19.2 Å². The van der Waals surface area contributed by atoms with Crippen LogP contribution in [0.4, 0.5) is 5.82 Å². The summed E-state index contributed by atoms with van der Waals surface area (Å²) in [4.78, 5) is 43.4. The second-order valence-corrected chi connectivity index (χ2v) is 10.3. The predicted molar refractivity (Wildman–Crippen MR) is 158 cm³/mol. The Labute approximate surface area is 249 Å². The molecule has 4 heterocycles. The third-order valence-corrected chi connectivity index (χ3v) is 7.36. The molecule has 0 radical (unpaired) electrons. The molecule has 1 fully saturated rings. The molecule has 1 N–H and O–H groups in total. The summed E-state index contributed by atoms with van der Waals surface area (Å²) in [5, 5.41) is 3.02. The zero-order valence-electron chi connectivity index (χ0n) is 23.7.